The van der Waals surface area contributed by atoms with E-state index in [1.807, 2.05) is 0 Å². The van der Waals surface area contributed by atoms with E-state index in [0.29, 0.717) is 0 Å². The third-order valence-corrected chi connectivity index (χ3v) is 5.88. The van der Waals surface area contributed by atoms with Crippen LogP contribution < -0.4 is 0 Å². The summed E-state index contributed by atoms with van der Waals surface area (Å²) < 4.78 is 0. The highest BCUT2D eigenvalue weighted by atomic mass is 14.1. The van der Waals surface area contributed by atoms with Crippen LogP contribution in [0.4, 0.5) is 0 Å². The lowest BCUT2D eigenvalue weighted by molar-refractivity contribution is 0.967. The van der Waals surface area contributed by atoms with E-state index in [-0.39, 0.29) is 0 Å². The van der Waals surface area contributed by atoms with E-state index >= 15 is 0 Å². The van der Waals surface area contributed by atoms with Crippen LogP contribution in [0.5, 0.6) is 0 Å². The van der Waals surface area contributed by atoms with Crippen molar-refractivity contribution in [3.05, 3.63) is 105 Å². The van der Waals surface area contributed by atoms with E-state index in [2.05, 4.69) is 88.4 Å². The van der Waals surface area contributed by atoms with E-state index in [1.165, 1.54) is 38.9 Å². The Morgan fingerprint density at radius 2 is 0.821 bits per heavy atom. The van der Waals surface area contributed by atoms with Gasteiger partial charge in [-0.15, -0.1) is 0 Å². The van der Waals surface area contributed by atoms with Gasteiger partial charge < -0.3 is 0 Å². The van der Waals surface area contributed by atoms with Crippen LogP contribution in [0.3, 0.4) is 0 Å². The summed E-state index contributed by atoms with van der Waals surface area (Å²) in [5.41, 5.74) is 11.7. The standard InChI is InChI=1S/C28H34/c1-5-21-9-11-22(12-10-21)17-23-13-15-24(16-14-23)18-25-19-26(6-2)28(8-4)27(7-3)20-25/h9-16,19-20H,5-8,17-18H2,1-4H3. The maximum atomic E-state index is 2.43. The number of rotatable bonds is 8. The lowest BCUT2D eigenvalue weighted by atomic mass is 9.91. The van der Waals surface area contributed by atoms with Gasteiger partial charge in [0.1, 0.15) is 0 Å². The Balaban J connectivity index is 1.73. The van der Waals surface area contributed by atoms with Crippen LogP contribution >= 0.6 is 0 Å². The van der Waals surface area contributed by atoms with Crippen molar-refractivity contribution in [2.75, 3.05) is 0 Å². The van der Waals surface area contributed by atoms with Gasteiger partial charge in [0.2, 0.25) is 0 Å². The molecule has 0 saturated heterocycles. The third-order valence-electron chi connectivity index (χ3n) is 5.88. The number of benzene rings is 3. The summed E-state index contributed by atoms with van der Waals surface area (Å²) in [5, 5.41) is 0. The summed E-state index contributed by atoms with van der Waals surface area (Å²) in [6.07, 6.45) is 6.53. The zero-order chi connectivity index (χ0) is 19.9. The second-order valence-corrected chi connectivity index (χ2v) is 7.79. The maximum Gasteiger partial charge on any atom is -0.00256 e. The molecule has 0 atom stereocenters. The summed E-state index contributed by atoms with van der Waals surface area (Å²) in [5.74, 6) is 0. The highest BCUT2D eigenvalue weighted by Gasteiger charge is 2.08. The monoisotopic (exact) mass is 370 g/mol. The molecular weight excluding hydrogens is 336 g/mol. The summed E-state index contributed by atoms with van der Waals surface area (Å²) in [6.45, 7) is 9.04. The molecule has 0 radical (unpaired) electrons. The Morgan fingerprint density at radius 1 is 0.429 bits per heavy atom. The first-order valence-electron chi connectivity index (χ1n) is 11.0. The van der Waals surface area contributed by atoms with Crippen molar-refractivity contribution >= 4 is 0 Å². The molecule has 0 aromatic heterocycles. The molecule has 0 bridgehead atoms. The minimum absolute atomic E-state index is 1.01. The average molecular weight is 371 g/mol. The fourth-order valence-electron chi connectivity index (χ4n) is 4.20. The van der Waals surface area contributed by atoms with Crippen LogP contribution in [0.1, 0.15) is 72.2 Å². The Kier molecular flexibility index (Phi) is 7.09. The van der Waals surface area contributed by atoms with Crippen LogP contribution in [0, 0.1) is 0 Å². The molecule has 0 unspecified atom stereocenters. The van der Waals surface area contributed by atoms with Crippen LogP contribution in [-0.2, 0) is 38.5 Å². The molecule has 0 heteroatoms. The van der Waals surface area contributed by atoms with Gasteiger partial charge in [-0.2, -0.15) is 0 Å². The lowest BCUT2D eigenvalue weighted by Crippen LogP contribution is -2.01. The fraction of sp³-hybridized carbons (Fsp3) is 0.357. The third kappa shape index (κ3) is 4.93. The van der Waals surface area contributed by atoms with Gasteiger partial charge in [0.25, 0.3) is 0 Å². The molecule has 0 aliphatic rings. The maximum absolute atomic E-state index is 2.43. The molecule has 3 aromatic carbocycles. The molecule has 3 aromatic rings. The van der Waals surface area contributed by atoms with Crippen molar-refractivity contribution in [2.24, 2.45) is 0 Å². The quantitative estimate of drug-likeness (QED) is 0.396. The molecule has 0 heterocycles. The Bertz CT molecular complexity index is 857. The Morgan fingerprint density at radius 3 is 1.18 bits per heavy atom. The van der Waals surface area contributed by atoms with E-state index < -0.39 is 0 Å². The van der Waals surface area contributed by atoms with Crippen molar-refractivity contribution in [3.8, 4) is 0 Å². The summed E-state index contributed by atoms with van der Waals surface area (Å²) in [7, 11) is 0. The highest BCUT2D eigenvalue weighted by molar-refractivity contribution is 5.42. The van der Waals surface area contributed by atoms with Gasteiger partial charge in [-0.05, 0) is 83.0 Å². The van der Waals surface area contributed by atoms with Gasteiger partial charge in [-0.3, -0.25) is 0 Å². The smallest absolute Gasteiger partial charge is 0.00256 e. The van der Waals surface area contributed by atoms with E-state index in [9.17, 15) is 0 Å². The van der Waals surface area contributed by atoms with Crippen LogP contribution in [0.2, 0.25) is 0 Å². The summed E-state index contributed by atoms with van der Waals surface area (Å²) in [4.78, 5) is 0. The van der Waals surface area contributed by atoms with Gasteiger partial charge in [0.05, 0.1) is 0 Å². The Labute approximate surface area is 171 Å². The summed E-state index contributed by atoms with van der Waals surface area (Å²) in [6, 6.07) is 23.1. The van der Waals surface area contributed by atoms with Gasteiger partial charge in [0, 0.05) is 0 Å². The average Bonchev–Trinajstić information content (AvgIpc) is 2.75. The van der Waals surface area contributed by atoms with Crippen molar-refractivity contribution in [2.45, 2.75) is 66.2 Å². The predicted octanol–water partition coefficient (Wildman–Crippen LogP) is 7.12. The molecule has 0 N–H and O–H groups in total. The molecule has 28 heavy (non-hydrogen) atoms. The minimum atomic E-state index is 1.01. The van der Waals surface area contributed by atoms with E-state index in [0.717, 1.165) is 38.5 Å². The first kappa shape index (κ1) is 20.4. The zero-order valence-electron chi connectivity index (χ0n) is 18.0. The van der Waals surface area contributed by atoms with E-state index in [1.54, 1.807) is 5.56 Å². The van der Waals surface area contributed by atoms with Gasteiger partial charge in [-0.1, -0.05) is 88.4 Å². The number of hydrogen-bond acceptors (Lipinski definition) is 0. The minimum Gasteiger partial charge on any atom is -0.0613 e. The molecule has 0 amide bonds. The fourth-order valence-corrected chi connectivity index (χ4v) is 4.20. The van der Waals surface area contributed by atoms with Crippen molar-refractivity contribution in [1.29, 1.82) is 0 Å². The molecular formula is C28H34. The second kappa shape index (κ2) is 9.73. The van der Waals surface area contributed by atoms with Crippen molar-refractivity contribution < 1.29 is 0 Å². The van der Waals surface area contributed by atoms with Gasteiger partial charge in [0.15, 0.2) is 0 Å². The lowest BCUT2D eigenvalue weighted by Gasteiger charge is -2.15. The van der Waals surface area contributed by atoms with Crippen LogP contribution in [0.25, 0.3) is 0 Å². The molecule has 0 fully saturated rings. The van der Waals surface area contributed by atoms with Gasteiger partial charge in [-0.25, -0.2) is 0 Å². The molecule has 3 rings (SSSR count). The molecule has 0 nitrogen and oxygen atoms in total. The molecule has 0 spiro atoms. The van der Waals surface area contributed by atoms with Crippen LogP contribution in [-0.4, -0.2) is 0 Å². The first-order chi connectivity index (χ1) is 13.7. The molecule has 0 aliphatic heterocycles. The zero-order valence-corrected chi connectivity index (χ0v) is 18.0. The van der Waals surface area contributed by atoms with Crippen molar-refractivity contribution in [3.63, 3.8) is 0 Å². The summed E-state index contributed by atoms with van der Waals surface area (Å²) >= 11 is 0. The van der Waals surface area contributed by atoms with Crippen molar-refractivity contribution in [1.82, 2.24) is 0 Å². The highest BCUT2D eigenvalue weighted by Crippen LogP contribution is 2.22. The topological polar surface area (TPSA) is 0 Å². The second-order valence-electron chi connectivity index (χ2n) is 7.79. The molecule has 0 aliphatic carbocycles. The predicted molar refractivity (Wildman–Crippen MR) is 122 cm³/mol. The van der Waals surface area contributed by atoms with E-state index in [4.69, 9.17) is 0 Å². The first-order valence-corrected chi connectivity index (χ1v) is 11.0. The number of hydrogen-bond donors (Lipinski definition) is 0. The Hall–Kier alpha value is -2.34. The SMILES string of the molecule is CCc1ccc(Cc2ccc(Cc3cc(CC)c(CC)c(CC)c3)cc2)cc1. The largest absolute Gasteiger partial charge is 0.0613 e. The van der Waals surface area contributed by atoms with Crippen LogP contribution in [0.15, 0.2) is 60.7 Å². The van der Waals surface area contributed by atoms with Gasteiger partial charge >= 0.3 is 0 Å². The number of aryl methyl sites for hydroxylation is 3. The normalized spacial score (nSPS) is 11.0. The molecule has 146 valence electrons. The molecule has 0 saturated carbocycles.